The molecule has 0 unspecified atom stereocenters. The molecule has 0 atom stereocenters. The van der Waals surface area contributed by atoms with Gasteiger partial charge in [-0.25, -0.2) is 0 Å². The maximum Gasteiger partial charge on any atom is 0.300 e. The average Bonchev–Trinajstić information content (AvgIpc) is 3.01. The van der Waals surface area contributed by atoms with E-state index in [1.807, 2.05) is 0 Å². The van der Waals surface area contributed by atoms with Crippen LogP contribution in [0, 0.1) is 5.92 Å². The third-order valence-corrected chi connectivity index (χ3v) is 5.61. The monoisotopic (exact) mass is 370 g/mol. The van der Waals surface area contributed by atoms with Gasteiger partial charge in [-0.3, -0.25) is 23.6 Å². The van der Waals surface area contributed by atoms with Crippen molar-refractivity contribution < 1.29 is 32.8 Å². The summed E-state index contributed by atoms with van der Waals surface area (Å²) >= 11 is 0. The van der Waals surface area contributed by atoms with Crippen LogP contribution < -0.4 is 0 Å². The maximum atomic E-state index is 11.6. The van der Waals surface area contributed by atoms with E-state index in [0.29, 0.717) is 32.2 Å². The minimum absolute atomic E-state index is 0.102. The zero-order valence-corrected chi connectivity index (χ0v) is 14.0. The summed E-state index contributed by atoms with van der Waals surface area (Å²) in [5.41, 5.74) is 0. The molecule has 1 aromatic rings. The number of amides is 2. The Kier molecular flexibility index (Phi) is 4.33. The van der Waals surface area contributed by atoms with Crippen molar-refractivity contribution in [2.75, 3.05) is 6.54 Å². The fourth-order valence-corrected chi connectivity index (χ4v) is 4.07. The highest BCUT2D eigenvalue weighted by atomic mass is 32.2. The first-order valence-corrected chi connectivity index (χ1v) is 9.26. The van der Waals surface area contributed by atoms with Crippen LogP contribution in [0.3, 0.4) is 0 Å². The Morgan fingerprint density at radius 3 is 2.08 bits per heavy atom. The van der Waals surface area contributed by atoms with Gasteiger partial charge in [0.05, 0.1) is 0 Å². The standard InChI is InChI=1S/C15H18N2O7S/c18-12-5-6-13(19)16(12)8-9-1-3-10(4-2-9)17-14(20)7-11(15(17)21)25(22,23)24/h5-7,9-10,20-21H,1-4,8H2,(H,22,23,24). The molecule has 3 N–H and O–H groups in total. The van der Waals surface area contributed by atoms with Gasteiger partial charge in [-0.1, -0.05) is 0 Å². The van der Waals surface area contributed by atoms with E-state index in [9.17, 15) is 28.2 Å². The topological polar surface area (TPSA) is 137 Å². The highest BCUT2D eigenvalue weighted by Gasteiger charge is 2.32. The van der Waals surface area contributed by atoms with Gasteiger partial charge in [-0.05, 0) is 31.6 Å². The number of imide groups is 1. The Labute approximate surface area is 143 Å². The predicted octanol–water partition coefficient (Wildman–Crippen LogP) is 0.802. The molecular formula is C15H18N2O7S. The highest BCUT2D eigenvalue weighted by molar-refractivity contribution is 7.86. The van der Waals surface area contributed by atoms with Crippen molar-refractivity contribution in [1.82, 2.24) is 9.47 Å². The third kappa shape index (κ3) is 3.27. The van der Waals surface area contributed by atoms with Crippen LogP contribution in [0.4, 0.5) is 0 Å². The fourth-order valence-electron chi connectivity index (χ4n) is 3.48. The molecule has 0 bridgehead atoms. The number of aromatic nitrogens is 1. The lowest BCUT2D eigenvalue weighted by Crippen LogP contribution is -2.36. The van der Waals surface area contributed by atoms with Crippen LogP contribution >= 0.6 is 0 Å². The Bertz CT molecular complexity index is 829. The van der Waals surface area contributed by atoms with Crippen molar-refractivity contribution in [2.45, 2.75) is 36.6 Å². The smallest absolute Gasteiger partial charge is 0.300 e. The zero-order chi connectivity index (χ0) is 18.4. The van der Waals surface area contributed by atoms with Crippen molar-refractivity contribution in [3.63, 3.8) is 0 Å². The second-order valence-corrected chi connectivity index (χ2v) is 7.72. The predicted molar refractivity (Wildman–Crippen MR) is 84.4 cm³/mol. The maximum absolute atomic E-state index is 11.6. The third-order valence-electron chi connectivity index (χ3n) is 4.76. The first-order chi connectivity index (χ1) is 11.7. The van der Waals surface area contributed by atoms with Crippen LogP contribution in [0.1, 0.15) is 31.7 Å². The number of carbonyl (C=O) groups is 2. The Hall–Kier alpha value is -2.33. The lowest BCUT2D eigenvalue weighted by molar-refractivity contribution is -0.137. The number of nitrogens with zero attached hydrogens (tertiary/aromatic N) is 2. The Morgan fingerprint density at radius 1 is 1.04 bits per heavy atom. The van der Waals surface area contributed by atoms with E-state index in [1.54, 1.807) is 0 Å². The van der Waals surface area contributed by atoms with Gasteiger partial charge in [0.25, 0.3) is 21.9 Å². The van der Waals surface area contributed by atoms with Gasteiger partial charge in [0, 0.05) is 30.8 Å². The molecule has 0 aromatic carbocycles. The summed E-state index contributed by atoms with van der Waals surface area (Å²) in [6.45, 7) is 0.317. The van der Waals surface area contributed by atoms with Gasteiger partial charge >= 0.3 is 0 Å². The lowest BCUT2D eigenvalue weighted by atomic mass is 9.85. The molecule has 1 aromatic heterocycles. The minimum atomic E-state index is -4.63. The van der Waals surface area contributed by atoms with E-state index in [-0.39, 0.29) is 23.8 Å². The van der Waals surface area contributed by atoms with Gasteiger partial charge in [0.1, 0.15) is 0 Å². The molecule has 2 amide bonds. The second-order valence-electron chi connectivity index (χ2n) is 6.33. The van der Waals surface area contributed by atoms with E-state index in [1.165, 1.54) is 17.1 Å². The SMILES string of the molecule is O=C1C=CC(=O)N1CC1CCC(n2c(O)cc(S(=O)(=O)O)c2O)CC1. The Morgan fingerprint density at radius 2 is 1.60 bits per heavy atom. The van der Waals surface area contributed by atoms with Crippen molar-refractivity contribution in [3.05, 3.63) is 18.2 Å². The average molecular weight is 370 g/mol. The molecule has 3 rings (SSSR count). The molecule has 9 nitrogen and oxygen atoms in total. The minimum Gasteiger partial charge on any atom is -0.494 e. The number of rotatable bonds is 4. The van der Waals surface area contributed by atoms with Gasteiger partial charge < -0.3 is 10.2 Å². The second kappa shape index (κ2) is 6.19. The molecule has 2 aliphatic rings. The first-order valence-electron chi connectivity index (χ1n) is 7.82. The normalized spacial score (nSPS) is 24.3. The molecule has 10 heteroatoms. The highest BCUT2D eigenvalue weighted by Crippen LogP contribution is 2.41. The molecule has 0 saturated heterocycles. The van der Waals surface area contributed by atoms with Gasteiger partial charge in [0.15, 0.2) is 10.8 Å². The molecular weight excluding hydrogens is 352 g/mol. The quantitative estimate of drug-likeness (QED) is 0.526. The number of hydrogen-bond acceptors (Lipinski definition) is 6. The molecule has 1 fully saturated rings. The van der Waals surface area contributed by atoms with Gasteiger partial charge in [-0.2, -0.15) is 8.42 Å². The van der Waals surface area contributed by atoms with Crippen LogP contribution in [-0.2, 0) is 19.7 Å². The molecule has 1 saturated carbocycles. The van der Waals surface area contributed by atoms with E-state index in [2.05, 4.69) is 0 Å². The largest absolute Gasteiger partial charge is 0.494 e. The zero-order valence-electron chi connectivity index (χ0n) is 13.2. The molecule has 2 heterocycles. The van der Waals surface area contributed by atoms with E-state index in [4.69, 9.17) is 4.55 Å². The first kappa shape index (κ1) is 17.5. The van der Waals surface area contributed by atoms with Crippen LogP contribution in [0.5, 0.6) is 11.8 Å². The van der Waals surface area contributed by atoms with Crippen LogP contribution in [-0.4, -0.2) is 51.0 Å². The molecule has 1 aliphatic heterocycles. The van der Waals surface area contributed by atoms with Crippen molar-refractivity contribution in [2.24, 2.45) is 5.92 Å². The van der Waals surface area contributed by atoms with Crippen LogP contribution in [0.2, 0.25) is 0 Å². The molecule has 0 spiro atoms. The summed E-state index contributed by atoms with van der Waals surface area (Å²) in [6, 6.07) is 0.471. The van der Waals surface area contributed by atoms with Crippen molar-refractivity contribution in [3.8, 4) is 11.8 Å². The summed E-state index contributed by atoms with van der Waals surface area (Å²) in [4.78, 5) is 23.7. The van der Waals surface area contributed by atoms with Crippen LogP contribution in [0.15, 0.2) is 23.1 Å². The molecule has 0 radical (unpaired) electrons. The van der Waals surface area contributed by atoms with Crippen molar-refractivity contribution >= 4 is 21.9 Å². The van der Waals surface area contributed by atoms with E-state index in [0.717, 1.165) is 10.6 Å². The molecule has 1 aliphatic carbocycles. The lowest BCUT2D eigenvalue weighted by Gasteiger charge is -2.31. The Balaban J connectivity index is 1.68. The fraction of sp³-hybridized carbons (Fsp3) is 0.467. The van der Waals surface area contributed by atoms with Crippen LogP contribution in [0.25, 0.3) is 0 Å². The van der Waals surface area contributed by atoms with Gasteiger partial charge in [0.2, 0.25) is 5.88 Å². The van der Waals surface area contributed by atoms with E-state index >= 15 is 0 Å². The molecule has 136 valence electrons. The van der Waals surface area contributed by atoms with Gasteiger partial charge in [-0.15, -0.1) is 0 Å². The summed E-state index contributed by atoms with van der Waals surface area (Å²) in [7, 11) is -4.63. The number of carbonyl (C=O) groups excluding carboxylic acids is 2. The number of aromatic hydroxyl groups is 2. The van der Waals surface area contributed by atoms with Crippen molar-refractivity contribution in [1.29, 1.82) is 0 Å². The number of hydrogen-bond donors (Lipinski definition) is 3. The summed E-state index contributed by atoms with van der Waals surface area (Å²) in [5, 5.41) is 19.9. The molecule has 25 heavy (non-hydrogen) atoms. The summed E-state index contributed by atoms with van der Waals surface area (Å²) < 4.78 is 32.6. The van der Waals surface area contributed by atoms with E-state index < -0.39 is 26.8 Å². The summed E-state index contributed by atoms with van der Waals surface area (Å²) in [6.07, 6.45) is 4.80. The summed E-state index contributed by atoms with van der Waals surface area (Å²) in [5.74, 6) is -1.69.